The molecule has 6 fully saturated rings. The van der Waals surface area contributed by atoms with E-state index >= 15 is 0 Å². The van der Waals surface area contributed by atoms with Crippen molar-refractivity contribution in [2.45, 2.75) is 13.0 Å². The molecule has 58 valence electrons. The van der Waals surface area contributed by atoms with Crippen LogP contribution in [0.15, 0.2) is 0 Å². The number of aliphatic hydroxyl groups excluding tert-OH is 1. The zero-order valence-electron chi connectivity index (χ0n) is 6.57. The third-order valence-corrected chi connectivity index (χ3v) is 6.32. The SMILES string of the molecule is CC12C3[C@H]4C5[C@@H](O)C([C@H]41)[C@H]2[C@@H]53. The summed E-state index contributed by atoms with van der Waals surface area (Å²) in [7, 11) is 0. The fraction of sp³-hybridized carbons (Fsp3) is 1.00. The van der Waals surface area contributed by atoms with Crippen LogP contribution in [-0.4, -0.2) is 11.2 Å². The van der Waals surface area contributed by atoms with E-state index in [1.54, 1.807) is 0 Å². The van der Waals surface area contributed by atoms with Crippen LogP contribution < -0.4 is 0 Å². The lowest BCUT2D eigenvalue weighted by atomic mass is 9.14. The molecule has 1 nitrogen and oxygen atoms in total. The Morgan fingerprint density at radius 2 is 1.45 bits per heavy atom. The monoisotopic (exact) mass is 148 g/mol. The molecule has 6 aliphatic rings. The van der Waals surface area contributed by atoms with E-state index in [0.29, 0.717) is 0 Å². The Labute approximate surface area is 65.8 Å². The average molecular weight is 148 g/mol. The van der Waals surface area contributed by atoms with Crippen molar-refractivity contribution in [2.75, 3.05) is 0 Å². The highest BCUT2D eigenvalue weighted by atomic mass is 16.3. The van der Waals surface area contributed by atoms with Crippen LogP contribution in [0.5, 0.6) is 0 Å². The second-order valence-electron chi connectivity index (χ2n) is 5.74. The molecule has 1 N–H and O–H groups in total. The second kappa shape index (κ2) is 0.891. The van der Waals surface area contributed by atoms with Gasteiger partial charge in [0.2, 0.25) is 0 Å². The normalized spacial score (nSPS) is 96.5. The first kappa shape index (κ1) is 4.86. The Hall–Kier alpha value is -0.0400. The minimum Gasteiger partial charge on any atom is -0.393 e. The maximum atomic E-state index is 9.86. The van der Waals surface area contributed by atoms with Crippen molar-refractivity contribution >= 4 is 0 Å². The Morgan fingerprint density at radius 1 is 0.909 bits per heavy atom. The third kappa shape index (κ3) is 0.188. The topological polar surface area (TPSA) is 20.2 Å². The molecule has 0 aromatic heterocycles. The van der Waals surface area contributed by atoms with Crippen molar-refractivity contribution in [1.29, 1.82) is 0 Å². The summed E-state index contributed by atoms with van der Waals surface area (Å²) in [5.41, 5.74) is 0.772. The van der Waals surface area contributed by atoms with E-state index in [0.717, 1.165) is 46.8 Å². The molecule has 0 aliphatic heterocycles. The van der Waals surface area contributed by atoms with E-state index in [1.807, 2.05) is 0 Å². The van der Waals surface area contributed by atoms with Crippen LogP contribution in [0.1, 0.15) is 6.92 Å². The van der Waals surface area contributed by atoms with Gasteiger partial charge in [-0.25, -0.2) is 0 Å². The first-order valence-electron chi connectivity index (χ1n) is 4.96. The van der Waals surface area contributed by atoms with Crippen LogP contribution >= 0.6 is 0 Å². The number of rotatable bonds is 0. The van der Waals surface area contributed by atoms with Gasteiger partial charge in [-0.2, -0.15) is 0 Å². The molecule has 0 saturated heterocycles. The van der Waals surface area contributed by atoms with Crippen molar-refractivity contribution in [2.24, 2.45) is 46.8 Å². The van der Waals surface area contributed by atoms with Crippen LogP contribution in [0.25, 0.3) is 0 Å². The molecule has 0 amide bonds. The Bertz CT molecular complexity index is 277. The van der Waals surface area contributed by atoms with Gasteiger partial charge in [0, 0.05) is 0 Å². The quantitative estimate of drug-likeness (QED) is 0.537. The predicted octanol–water partition coefficient (Wildman–Crippen LogP) is 0.735. The number of hydrogen-bond donors (Lipinski definition) is 1. The van der Waals surface area contributed by atoms with Gasteiger partial charge in [0.1, 0.15) is 0 Å². The maximum Gasteiger partial charge on any atom is 0.0608 e. The lowest BCUT2D eigenvalue weighted by Gasteiger charge is -2.90. The second-order valence-corrected chi connectivity index (χ2v) is 5.74. The lowest BCUT2D eigenvalue weighted by molar-refractivity contribution is -0.440. The van der Waals surface area contributed by atoms with E-state index in [4.69, 9.17) is 0 Å². The molecule has 1 heteroatoms. The summed E-state index contributed by atoms with van der Waals surface area (Å²) in [5.74, 6) is 6.66. The summed E-state index contributed by atoms with van der Waals surface area (Å²) < 4.78 is 0. The molecule has 0 aromatic rings. The van der Waals surface area contributed by atoms with Crippen molar-refractivity contribution in [1.82, 2.24) is 0 Å². The molecule has 6 rings (SSSR count). The summed E-state index contributed by atoms with van der Waals surface area (Å²) in [6.07, 6.45) is 0.145. The number of aliphatic hydroxyl groups is 1. The zero-order chi connectivity index (χ0) is 7.12. The van der Waals surface area contributed by atoms with Gasteiger partial charge in [0.25, 0.3) is 0 Å². The molecular formula is C10H12O. The van der Waals surface area contributed by atoms with Crippen molar-refractivity contribution in [3.05, 3.63) is 0 Å². The fourth-order valence-corrected chi connectivity index (χ4v) is 6.44. The van der Waals surface area contributed by atoms with Crippen molar-refractivity contribution < 1.29 is 5.11 Å². The largest absolute Gasteiger partial charge is 0.393 e. The van der Waals surface area contributed by atoms with Gasteiger partial charge in [-0.15, -0.1) is 0 Å². The van der Waals surface area contributed by atoms with Gasteiger partial charge in [-0.05, 0) is 46.8 Å². The molecule has 0 radical (unpaired) electrons. The van der Waals surface area contributed by atoms with Crippen LogP contribution in [0.3, 0.4) is 0 Å². The smallest absolute Gasteiger partial charge is 0.0608 e. The van der Waals surface area contributed by atoms with Gasteiger partial charge in [-0.1, -0.05) is 6.92 Å². The lowest BCUT2D eigenvalue weighted by Crippen LogP contribution is -2.87. The summed E-state index contributed by atoms with van der Waals surface area (Å²) in [5, 5.41) is 9.86. The average Bonchev–Trinajstić information content (AvgIpc) is 2.16. The van der Waals surface area contributed by atoms with Gasteiger partial charge in [0.05, 0.1) is 6.10 Å². The summed E-state index contributed by atoms with van der Waals surface area (Å²) >= 11 is 0. The summed E-state index contributed by atoms with van der Waals surface area (Å²) in [6.45, 7) is 2.48. The van der Waals surface area contributed by atoms with Gasteiger partial charge in [-0.3, -0.25) is 0 Å². The van der Waals surface area contributed by atoms with Crippen LogP contribution in [0, 0.1) is 46.8 Å². The fourth-order valence-electron chi connectivity index (χ4n) is 6.44. The first-order chi connectivity index (χ1) is 5.28. The Morgan fingerprint density at radius 3 is 1.91 bits per heavy atom. The minimum atomic E-state index is 0.145. The molecule has 0 heterocycles. The summed E-state index contributed by atoms with van der Waals surface area (Å²) in [6, 6.07) is 0. The molecule has 9 atom stereocenters. The minimum absolute atomic E-state index is 0.145. The highest BCUT2D eigenvalue weighted by Crippen LogP contribution is 2.99. The molecule has 6 aliphatic carbocycles. The van der Waals surface area contributed by atoms with E-state index < -0.39 is 0 Å². The van der Waals surface area contributed by atoms with Crippen LogP contribution in [-0.2, 0) is 0 Å². The van der Waals surface area contributed by atoms with E-state index in [-0.39, 0.29) is 6.10 Å². The maximum absolute atomic E-state index is 9.86. The zero-order valence-corrected chi connectivity index (χ0v) is 6.57. The van der Waals surface area contributed by atoms with Gasteiger partial charge in [0.15, 0.2) is 0 Å². The van der Waals surface area contributed by atoms with Crippen molar-refractivity contribution in [3.8, 4) is 0 Å². The van der Waals surface area contributed by atoms with Gasteiger partial charge >= 0.3 is 0 Å². The Kier molecular flexibility index (Phi) is 0.393. The molecule has 0 aromatic carbocycles. The molecule has 6 saturated carbocycles. The molecular weight excluding hydrogens is 136 g/mol. The Balaban J connectivity index is 1.84. The molecule has 11 heavy (non-hydrogen) atoms. The highest BCUT2D eigenvalue weighted by molar-refractivity contribution is 5.44. The molecule has 2 bridgehead atoms. The predicted molar refractivity (Wildman–Crippen MR) is 38.5 cm³/mol. The molecule has 4 unspecified atom stereocenters. The summed E-state index contributed by atoms with van der Waals surface area (Å²) in [4.78, 5) is 0. The van der Waals surface area contributed by atoms with Gasteiger partial charge < -0.3 is 5.11 Å². The third-order valence-electron chi connectivity index (χ3n) is 6.32. The van der Waals surface area contributed by atoms with Crippen molar-refractivity contribution in [3.63, 3.8) is 0 Å². The van der Waals surface area contributed by atoms with Crippen LogP contribution in [0.4, 0.5) is 0 Å². The van der Waals surface area contributed by atoms with E-state index in [2.05, 4.69) is 6.92 Å². The standard InChI is InChI=1S/C10H12O/c1-10-6-3-2-4(6)8(10)5(7(3)10)9(2)11/h2-9,11H,1H3/t2?,3-,4+,5?,6?,7+,8-,9-,10?/m1/s1. The number of hydrogen-bond acceptors (Lipinski definition) is 1. The molecule has 0 spiro atoms. The highest BCUT2D eigenvalue weighted by Gasteiger charge is 2.98. The van der Waals surface area contributed by atoms with E-state index in [1.165, 1.54) is 0 Å². The first-order valence-corrected chi connectivity index (χ1v) is 4.96. The van der Waals surface area contributed by atoms with Crippen LogP contribution in [0.2, 0.25) is 0 Å². The van der Waals surface area contributed by atoms with E-state index in [9.17, 15) is 5.11 Å².